The van der Waals surface area contributed by atoms with Crippen LogP contribution in [-0.4, -0.2) is 83.6 Å². The molecular weight excluding hydrogens is 416 g/mol. The number of aromatic nitrogens is 1. The molecule has 0 radical (unpaired) electrons. The number of anilines is 1. The summed E-state index contributed by atoms with van der Waals surface area (Å²) in [4.78, 5) is 8.82. The predicted octanol–water partition coefficient (Wildman–Crippen LogP) is 2.10. The van der Waals surface area contributed by atoms with Crippen LogP contribution in [0.15, 0.2) is 41.4 Å². The molecule has 0 amide bonds. The first-order valence-electron chi connectivity index (χ1n) is 10.4. The van der Waals surface area contributed by atoms with Gasteiger partial charge in [0.15, 0.2) is 11.5 Å². The van der Waals surface area contributed by atoms with Gasteiger partial charge in [0.2, 0.25) is 10.0 Å². The smallest absolute Gasteiger partial charge is 0.244 e. The zero-order valence-electron chi connectivity index (χ0n) is 18.7. The van der Waals surface area contributed by atoms with Crippen molar-refractivity contribution in [2.75, 3.05) is 65.9 Å². The third-order valence-electron chi connectivity index (χ3n) is 5.62. The highest BCUT2D eigenvalue weighted by Crippen LogP contribution is 2.28. The molecule has 1 saturated heterocycles. The highest BCUT2D eigenvalue weighted by molar-refractivity contribution is 7.89. The molecule has 0 N–H and O–H groups in total. The molecule has 9 heteroatoms. The number of sulfonamides is 1. The van der Waals surface area contributed by atoms with E-state index in [2.05, 4.69) is 9.88 Å². The van der Waals surface area contributed by atoms with Gasteiger partial charge in [-0.05, 0) is 49.7 Å². The van der Waals surface area contributed by atoms with Gasteiger partial charge in [-0.15, -0.1) is 0 Å². The predicted molar refractivity (Wildman–Crippen MR) is 122 cm³/mol. The standard InChI is InChI=1S/C22H32N4O4S/c1-24-12-14-26(15-13-24)31(27,28)19-8-10-22(23-17-19)25(2)11-5-6-18-7-9-20(29-3)21(16-18)30-4/h7-10,16-17H,5-6,11-15H2,1-4H3. The zero-order chi connectivity index (χ0) is 22.4. The van der Waals surface area contributed by atoms with Crippen molar-refractivity contribution in [3.8, 4) is 11.5 Å². The molecule has 0 bridgehead atoms. The second-order valence-electron chi connectivity index (χ2n) is 7.77. The number of aryl methyl sites for hydroxylation is 1. The number of piperazine rings is 1. The summed E-state index contributed by atoms with van der Waals surface area (Å²) in [6.45, 7) is 3.31. The minimum atomic E-state index is -3.49. The lowest BCUT2D eigenvalue weighted by molar-refractivity contribution is 0.222. The molecule has 31 heavy (non-hydrogen) atoms. The van der Waals surface area contributed by atoms with E-state index < -0.39 is 10.0 Å². The normalized spacial score (nSPS) is 15.6. The minimum Gasteiger partial charge on any atom is -0.493 e. The molecule has 0 saturated carbocycles. The molecular formula is C22H32N4O4S. The van der Waals surface area contributed by atoms with E-state index in [1.54, 1.807) is 26.4 Å². The average Bonchev–Trinajstić information content (AvgIpc) is 2.79. The number of hydrogen-bond donors (Lipinski definition) is 0. The maximum atomic E-state index is 12.8. The third-order valence-corrected chi connectivity index (χ3v) is 7.50. The second-order valence-corrected chi connectivity index (χ2v) is 9.71. The molecule has 1 fully saturated rings. The van der Waals surface area contributed by atoms with Crippen molar-refractivity contribution in [1.29, 1.82) is 0 Å². The molecule has 1 aromatic carbocycles. The minimum absolute atomic E-state index is 0.250. The Labute approximate surface area is 185 Å². The fourth-order valence-corrected chi connectivity index (χ4v) is 4.97. The maximum absolute atomic E-state index is 12.8. The number of ether oxygens (including phenoxy) is 2. The summed E-state index contributed by atoms with van der Waals surface area (Å²) in [5.41, 5.74) is 1.17. The number of likely N-dealkylation sites (N-methyl/N-ethyl adjacent to an activating group) is 1. The first-order chi connectivity index (χ1) is 14.8. The summed E-state index contributed by atoms with van der Waals surface area (Å²) in [7, 11) is 3.74. The Bertz CT molecular complexity index is 958. The Kier molecular flexibility index (Phi) is 7.74. The van der Waals surface area contributed by atoms with E-state index in [-0.39, 0.29) is 4.90 Å². The van der Waals surface area contributed by atoms with Crippen LogP contribution >= 0.6 is 0 Å². The van der Waals surface area contributed by atoms with Gasteiger partial charge in [-0.3, -0.25) is 0 Å². The number of nitrogens with zero attached hydrogens (tertiary/aromatic N) is 4. The van der Waals surface area contributed by atoms with Crippen molar-refractivity contribution in [2.24, 2.45) is 0 Å². The Balaban J connectivity index is 1.56. The summed E-state index contributed by atoms with van der Waals surface area (Å²) < 4.78 is 37.9. The SMILES string of the molecule is COc1ccc(CCCN(C)c2ccc(S(=O)(=O)N3CCN(C)CC3)cn2)cc1OC. The molecule has 170 valence electrons. The lowest BCUT2D eigenvalue weighted by Crippen LogP contribution is -2.47. The first kappa shape index (κ1) is 23.3. The molecule has 0 spiro atoms. The van der Waals surface area contributed by atoms with Gasteiger partial charge in [0.05, 0.1) is 14.2 Å². The summed E-state index contributed by atoms with van der Waals surface area (Å²) >= 11 is 0. The molecule has 3 rings (SSSR count). The van der Waals surface area contributed by atoms with Crippen molar-refractivity contribution >= 4 is 15.8 Å². The van der Waals surface area contributed by atoms with E-state index in [0.717, 1.165) is 49.8 Å². The van der Waals surface area contributed by atoms with Crippen LogP contribution in [0.3, 0.4) is 0 Å². The van der Waals surface area contributed by atoms with Crippen LogP contribution in [0.25, 0.3) is 0 Å². The summed E-state index contributed by atoms with van der Waals surface area (Å²) in [5, 5.41) is 0. The summed E-state index contributed by atoms with van der Waals surface area (Å²) in [6.07, 6.45) is 3.28. The van der Waals surface area contributed by atoms with E-state index in [1.807, 2.05) is 37.2 Å². The quantitative estimate of drug-likeness (QED) is 0.582. The largest absolute Gasteiger partial charge is 0.493 e. The van der Waals surface area contributed by atoms with Crippen molar-refractivity contribution in [1.82, 2.24) is 14.2 Å². The maximum Gasteiger partial charge on any atom is 0.244 e. The van der Waals surface area contributed by atoms with Gasteiger partial charge < -0.3 is 19.3 Å². The summed E-state index contributed by atoms with van der Waals surface area (Å²) in [5.74, 6) is 2.20. The second kappa shape index (κ2) is 10.3. The van der Waals surface area contributed by atoms with E-state index in [4.69, 9.17) is 9.47 Å². The molecule has 0 atom stereocenters. The van der Waals surface area contributed by atoms with Crippen LogP contribution < -0.4 is 14.4 Å². The van der Waals surface area contributed by atoms with Crippen molar-refractivity contribution in [2.45, 2.75) is 17.7 Å². The van der Waals surface area contributed by atoms with Crippen LogP contribution in [0.1, 0.15) is 12.0 Å². The van der Waals surface area contributed by atoms with Gasteiger partial charge in [0.1, 0.15) is 10.7 Å². The molecule has 0 aliphatic carbocycles. The number of benzene rings is 1. The summed E-state index contributed by atoms with van der Waals surface area (Å²) in [6, 6.07) is 9.38. The van der Waals surface area contributed by atoms with E-state index in [0.29, 0.717) is 13.1 Å². The van der Waals surface area contributed by atoms with Gasteiger partial charge in [-0.1, -0.05) is 6.07 Å². The highest BCUT2D eigenvalue weighted by atomic mass is 32.2. The molecule has 1 aromatic heterocycles. The fourth-order valence-electron chi connectivity index (χ4n) is 3.60. The van der Waals surface area contributed by atoms with Gasteiger partial charge in [-0.25, -0.2) is 13.4 Å². The Morgan fingerprint density at radius 3 is 2.35 bits per heavy atom. The topological polar surface area (TPSA) is 75.2 Å². The lowest BCUT2D eigenvalue weighted by Gasteiger charge is -2.31. The van der Waals surface area contributed by atoms with Crippen LogP contribution in [-0.2, 0) is 16.4 Å². The highest BCUT2D eigenvalue weighted by Gasteiger charge is 2.27. The van der Waals surface area contributed by atoms with E-state index in [9.17, 15) is 8.42 Å². The Morgan fingerprint density at radius 2 is 1.74 bits per heavy atom. The molecule has 2 heterocycles. The lowest BCUT2D eigenvalue weighted by atomic mass is 10.1. The van der Waals surface area contributed by atoms with Gasteiger partial charge >= 0.3 is 0 Å². The fraction of sp³-hybridized carbons (Fsp3) is 0.500. The van der Waals surface area contributed by atoms with Gasteiger partial charge in [-0.2, -0.15) is 4.31 Å². The Hall–Kier alpha value is -2.36. The Morgan fingerprint density at radius 1 is 1.03 bits per heavy atom. The van der Waals surface area contributed by atoms with E-state index >= 15 is 0 Å². The monoisotopic (exact) mass is 448 g/mol. The number of methoxy groups -OCH3 is 2. The number of pyridine rings is 1. The van der Waals surface area contributed by atoms with Crippen LogP contribution in [0, 0.1) is 0 Å². The number of rotatable bonds is 9. The molecule has 0 unspecified atom stereocenters. The van der Waals surface area contributed by atoms with Crippen LogP contribution in [0.5, 0.6) is 11.5 Å². The molecule has 1 aliphatic rings. The molecule has 1 aliphatic heterocycles. The molecule has 2 aromatic rings. The molecule has 8 nitrogen and oxygen atoms in total. The van der Waals surface area contributed by atoms with Crippen LogP contribution in [0.4, 0.5) is 5.82 Å². The van der Waals surface area contributed by atoms with Crippen LogP contribution in [0.2, 0.25) is 0 Å². The number of hydrogen-bond acceptors (Lipinski definition) is 7. The van der Waals surface area contributed by atoms with E-state index in [1.165, 1.54) is 16.1 Å². The van der Waals surface area contributed by atoms with Crippen molar-refractivity contribution < 1.29 is 17.9 Å². The average molecular weight is 449 g/mol. The van der Waals surface area contributed by atoms with Gasteiger partial charge in [0, 0.05) is 46.0 Å². The first-order valence-corrected chi connectivity index (χ1v) is 11.9. The third kappa shape index (κ3) is 5.66. The van der Waals surface area contributed by atoms with Gasteiger partial charge in [0.25, 0.3) is 0 Å². The van der Waals surface area contributed by atoms with Crippen molar-refractivity contribution in [3.63, 3.8) is 0 Å². The zero-order valence-corrected chi connectivity index (χ0v) is 19.6. The van der Waals surface area contributed by atoms with Crippen molar-refractivity contribution in [3.05, 3.63) is 42.1 Å².